The highest BCUT2D eigenvalue weighted by Crippen LogP contribution is 2.36. The lowest BCUT2D eigenvalue weighted by molar-refractivity contribution is 0.269. The van der Waals surface area contributed by atoms with Crippen molar-refractivity contribution in [2.24, 2.45) is 0 Å². The fourth-order valence-corrected chi connectivity index (χ4v) is 4.26. The van der Waals surface area contributed by atoms with Crippen LogP contribution in [0.15, 0.2) is 53.0 Å². The molecule has 0 aliphatic heterocycles. The Bertz CT molecular complexity index is 1010. The molecule has 0 saturated heterocycles. The highest BCUT2D eigenvalue weighted by atomic mass is 79.9. The molecule has 0 atom stereocenters. The Balaban J connectivity index is 1.79. The van der Waals surface area contributed by atoms with Crippen LogP contribution in [0.25, 0.3) is 0 Å². The molecule has 0 bridgehead atoms. The van der Waals surface area contributed by atoms with E-state index in [1.54, 1.807) is 24.3 Å². The number of hydrogen-bond donors (Lipinski definition) is 1. The number of halogens is 5. The van der Waals surface area contributed by atoms with Gasteiger partial charge < -0.3 is 14.8 Å². The summed E-state index contributed by atoms with van der Waals surface area (Å²) in [6.45, 7) is 3.18. The Kier molecular flexibility index (Phi) is 8.44. The quantitative estimate of drug-likeness (QED) is 0.305. The Hall–Kier alpha value is -1.30. The lowest BCUT2D eigenvalue weighted by atomic mass is 10.2. The van der Waals surface area contributed by atoms with Gasteiger partial charge in [-0.15, -0.1) is 0 Å². The third-order valence-corrected chi connectivity index (χ3v) is 6.07. The maximum absolute atomic E-state index is 6.24. The minimum Gasteiger partial charge on any atom is -0.490 e. The first kappa shape index (κ1) is 23.4. The molecule has 0 aromatic heterocycles. The van der Waals surface area contributed by atoms with Gasteiger partial charge in [-0.25, -0.2) is 0 Å². The molecule has 0 saturated carbocycles. The zero-order valence-corrected chi connectivity index (χ0v) is 20.6. The minimum atomic E-state index is 0.226. The topological polar surface area (TPSA) is 30.5 Å². The number of nitrogens with one attached hydrogen (secondary N) is 1. The molecule has 0 amide bonds. The molecule has 158 valence electrons. The molecule has 0 aliphatic rings. The summed E-state index contributed by atoms with van der Waals surface area (Å²) in [5, 5.41) is 5.57. The van der Waals surface area contributed by atoms with Crippen LogP contribution >= 0.6 is 62.3 Å². The van der Waals surface area contributed by atoms with E-state index in [1.807, 2.05) is 31.2 Å². The molecule has 1 N–H and O–H groups in total. The van der Waals surface area contributed by atoms with Gasteiger partial charge in [-0.3, -0.25) is 0 Å². The molecule has 3 aromatic carbocycles. The van der Waals surface area contributed by atoms with E-state index >= 15 is 0 Å². The van der Waals surface area contributed by atoms with Crippen molar-refractivity contribution >= 4 is 68.0 Å². The van der Waals surface area contributed by atoms with E-state index in [0.717, 1.165) is 21.3 Å². The zero-order chi connectivity index (χ0) is 21.7. The van der Waals surface area contributed by atoms with Crippen LogP contribution in [0.1, 0.15) is 18.1 Å². The van der Waals surface area contributed by atoms with Gasteiger partial charge in [-0.2, -0.15) is 0 Å². The van der Waals surface area contributed by atoms with Crippen LogP contribution in [-0.2, 0) is 13.2 Å². The van der Waals surface area contributed by atoms with Crippen LogP contribution < -0.4 is 14.8 Å². The van der Waals surface area contributed by atoms with Crippen molar-refractivity contribution in [2.45, 2.75) is 20.1 Å². The molecule has 0 aliphatic carbocycles. The summed E-state index contributed by atoms with van der Waals surface area (Å²) in [7, 11) is 0. The van der Waals surface area contributed by atoms with Gasteiger partial charge in [0, 0.05) is 42.4 Å². The standard InChI is InChI=1S/C22H18BrCl4NO2/c1-2-29-21-6-13(11-28-16-8-14(24)7-15(25)9-16)18(23)10-22(21)30-12-17-19(26)4-3-5-20(17)27/h3-10,28H,2,11-12H2,1H3. The first-order valence-corrected chi connectivity index (χ1v) is 11.4. The maximum atomic E-state index is 6.24. The molecule has 3 aromatic rings. The Morgan fingerprint density at radius 1 is 0.867 bits per heavy atom. The van der Waals surface area contributed by atoms with Crippen LogP contribution in [-0.4, -0.2) is 6.61 Å². The van der Waals surface area contributed by atoms with Gasteiger partial charge in [-0.05, 0) is 55.0 Å². The molecule has 0 spiro atoms. The molecule has 0 heterocycles. The zero-order valence-electron chi connectivity index (χ0n) is 15.9. The first-order valence-electron chi connectivity index (χ1n) is 9.08. The highest BCUT2D eigenvalue weighted by molar-refractivity contribution is 9.10. The lowest BCUT2D eigenvalue weighted by Gasteiger charge is -2.16. The summed E-state index contributed by atoms with van der Waals surface area (Å²) in [5.41, 5.74) is 2.53. The van der Waals surface area contributed by atoms with Crippen molar-refractivity contribution < 1.29 is 9.47 Å². The van der Waals surface area contributed by atoms with Gasteiger partial charge in [-0.1, -0.05) is 68.4 Å². The Morgan fingerprint density at radius 2 is 1.50 bits per heavy atom. The smallest absolute Gasteiger partial charge is 0.162 e. The molecule has 0 unspecified atom stereocenters. The van der Waals surface area contributed by atoms with E-state index in [9.17, 15) is 0 Å². The van der Waals surface area contributed by atoms with Crippen molar-refractivity contribution in [2.75, 3.05) is 11.9 Å². The number of anilines is 1. The molecule has 3 nitrogen and oxygen atoms in total. The molecular weight excluding hydrogens is 532 g/mol. The average Bonchev–Trinajstić information content (AvgIpc) is 2.67. The van der Waals surface area contributed by atoms with Crippen LogP contribution in [0.2, 0.25) is 20.1 Å². The largest absolute Gasteiger partial charge is 0.490 e. The van der Waals surface area contributed by atoms with E-state index < -0.39 is 0 Å². The first-order chi connectivity index (χ1) is 14.4. The summed E-state index contributed by atoms with van der Waals surface area (Å²) in [6, 6.07) is 14.5. The average molecular weight is 550 g/mol. The van der Waals surface area contributed by atoms with Crippen LogP contribution in [0, 0.1) is 0 Å². The number of benzene rings is 3. The lowest BCUT2D eigenvalue weighted by Crippen LogP contribution is -2.04. The molecular formula is C22H18BrCl4NO2. The monoisotopic (exact) mass is 547 g/mol. The molecule has 0 radical (unpaired) electrons. The SMILES string of the molecule is CCOc1cc(CNc2cc(Cl)cc(Cl)c2)c(Br)cc1OCc1c(Cl)cccc1Cl. The van der Waals surface area contributed by atoms with Gasteiger partial charge in [0.15, 0.2) is 11.5 Å². The van der Waals surface area contributed by atoms with Crippen molar-refractivity contribution in [1.29, 1.82) is 0 Å². The second kappa shape index (κ2) is 10.8. The van der Waals surface area contributed by atoms with E-state index in [1.165, 1.54) is 0 Å². The van der Waals surface area contributed by atoms with Gasteiger partial charge in [0.25, 0.3) is 0 Å². The Morgan fingerprint density at radius 3 is 2.13 bits per heavy atom. The molecule has 8 heteroatoms. The van der Waals surface area contributed by atoms with Gasteiger partial charge in [0.05, 0.1) is 6.61 Å². The van der Waals surface area contributed by atoms with Gasteiger partial charge in [0.2, 0.25) is 0 Å². The second-order valence-corrected chi connectivity index (χ2v) is 8.87. The summed E-state index contributed by atoms with van der Waals surface area (Å²) in [6.07, 6.45) is 0. The fourth-order valence-electron chi connectivity index (χ4n) is 2.77. The van der Waals surface area contributed by atoms with E-state index in [0.29, 0.717) is 44.7 Å². The minimum absolute atomic E-state index is 0.226. The third kappa shape index (κ3) is 6.12. The van der Waals surface area contributed by atoms with E-state index in [2.05, 4.69) is 21.2 Å². The highest BCUT2D eigenvalue weighted by Gasteiger charge is 2.13. The molecule has 30 heavy (non-hydrogen) atoms. The maximum Gasteiger partial charge on any atom is 0.162 e. The van der Waals surface area contributed by atoms with Crippen molar-refractivity contribution in [3.8, 4) is 11.5 Å². The summed E-state index contributed by atoms with van der Waals surface area (Å²) >= 11 is 28.2. The predicted molar refractivity (Wildman–Crippen MR) is 130 cm³/mol. The van der Waals surface area contributed by atoms with Gasteiger partial charge in [0.1, 0.15) is 6.61 Å². The van der Waals surface area contributed by atoms with Crippen molar-refractivity contribution in [3.05, 3.63) is 84.2 Å². The summed E-state index contributed by atoms with van der Waals surface area (Å²) in [4.78, 5) is 0. The van der Waals surface area contributed by atoms with Crippen LogP contribution in [0.5, 0.6) is 11.5 Å². The fraction of sp³-hybridized carbons (Fsp3) is 0.182. The number of ether oxygens (including phenoxy) is 2. The third-order valence-electron chi connectivity index (χ3n) is 4.19. The van der Waals surface area contributed by atoms with Crippen molar-refractivity contribution in [1.82, 2.24) is 0 Å². The van der Waals surface area contributed by atoms with Crippen LogP contribution in [0.4, 0.5) is 5.69 Å². The summed E-state index contributed by atoms with van der Waals surface area (Å²) in [5.74, 6) is 1.22. The summed E-state index contributed by atoms with van der Waals surface area (Å²) < 4.78 is 12.6. The molecule has 0 fully saturated rings. The number of hydrogen-bond acceptors (Lipinski definition) is 3. The normalized spacial score (nSPS) is 10.7. The predicted octanol–water partition coefficient (Wildman–Crippen LogP) is 8.65. The number of rotatable bonds is 8. The van der Waals surface area contributed by atoms with Gasteiger partial charge >= 0.3 is 0 Å². The van der Waals surface area contributed by atoms with E-state index in [4.69, 9.17) is 55.9 Å². The van der Waals surface area contributed by atoms with Crippen molar-refractivity contribution in [3.63, 3.8) is 0 Å². The van der Waals surface area contributed by atoms with Crippen LogP contribution in [0.3, 0.4) is 0 Å². The Labute approximate surface area is 204 Å². The van der Waals surface area contributed by atoms with E-state index in [-0.39, 0.29) is 6.61 Å². The molecule has 3 rings (SSSR count). The second-order valence-electron chi connectivity index (χ2n) is 6.32.